The van der Waals surface area contributed by atoms with Crippen molar-refractivity contribution in [1.29, 1.82) is 0 Å². The number of hydrogen-bond acceptors (Lipinski definition) is 6. The van der Waals surface area contributed by atoms with Crippen molar-refractivity contribution in [3.8, 4) is 11.5 Å². The van der Waals surface area contributed by atoms with E-state index in [0.717, 1.165) is 4.70 Å². The average molecular weight is 434 g/mol. The van der Waals surface area contributed by atoms with Crippen molar-refractivity contribution >= 4 is 48.3 Å². The summed E-state index contributed by atoms with van der Waals surface area (Å²) in [5, 5.41) is 0.972. The molecule has 0 amide bonds. The molecule has 0 unspecified atom stereocenters. The lowest BCUT2D eigenvalue weighted by molar-refractivity contribution is 0.542. The number of anilines is 1. The van der Waals surface area contributed by atoms with E-state index in [1.54, 1.807) is 56.4 Å². The highest BCUT2D eigenvalue weighted by atomic mass is 35.5. The third-order valence-electron chi connectivity index (χ3n) is 4.15. The van der Waals surface area contributed by atoms with Gasteiger partial charge in [-0.25, -0.2) is 22.7 Å². The maximum atomic E-state index is 13.2. The molecular formula is C19H16ClN3O3S2. The van der Waals surface area contributed by atoms with E-state index < -0.39 is 10.0 Å². The van der Waals surface area contributed by atoms with Gasteiger partial charge in [0.05, 0.1) is 21.3 Å². The van der Waals surface area contributed by atoms with Gasteiger partial charge in [0, 0.05) is 17.1 Å². The van der Waals surface area contributed by atoms with Gasteiger partial charge < -0.3 is 4.42 Å². The number of aryl methyl sites for hydroxylation is 1. The Morgan fingerprint density at radius 2 is 1.93 bits per heavy atom. The van der Waals surface area contributed by atoms with Gasteiger partial charge in [-0.05, 0) is 56.3 Å². The Hall–Kier alpha value is -2.42. The van der Waals surface area contributed by atoms with Crippen LogP contribution >= 0.6 is 22.9 Å². The van der Waals surface area contributed by atoms with Gasteiger partial charge in [0.15, 0.2) is 0 Å². The normalized spacial score (nSPS) is 11.8. The number of thiazole rings is 1. The molecule has 2 aromatic carbocycles. The number of halogens is 1. The Morgan fingerprint density at radius 1 is 1.18 bits per heavy atom. The summed E-state index contributed by atoms with van der Waals surface area (Å²) in [5.41, 5.74) is 1.39. The minimum absolute atomic E-state index is 0.179. The van der Waals surface area contributed by atoms with Crippen LogP contribution in [0.5, 0.6) is 0 Å². The largest absolute Gasteiger partial charge is 0.441 e. The fraction of sp³-hybridized carbons (Fsp3) is 0.158. The fourth-order valence-corrected chi connectivity index (χ4v) is 5.60. The first-order valence-electron chi connectivity index (χ1n) is 8.50. The van der Waals surface area contributed by atoms with Crippen molar-refractivity contribution in [3.05, 3.63) is 59.4 Å². The number of fused-ring (bicyclic) bond motifs is 1. The van der Waals surface area contributed by atoms with E-state index in [0.29, 0.717) is 32.9 Å². The number of rotatable bonds is 5. The van der Waals surface area contributed by atoms with E-state index in [9.17, 15) is 8.42 Å². The smallest absolute Gasteiger partial charge is 0.266 e. The molecule has 0 bridgehead atoms. The molecule has 0 N–H and O–H groups in total. The molecule has 2 heterocycles. The third-order valence-corrected chi connectivity index (χ3v) is 7.44. The minimum Gasteiger partial charge on any atom is -0.441 e. The molecule has 2 aromatic heterocycles. The second-order valence-corrected chi connectivity index (χ2v) is 9.39. The second-order valence-electron chi connectivity index (χ2n) is 6.08. The number of oxazole rings is 1. The van der Waals surface area contributed by atoms with Crippen LogP contribution < -0.4 is 4.31 Å². The lowest BCUT2D eigenvalue weighted by Gasteiger charge is -2.19. The summed E-state index contributed by atoms with van der Waals surface area (Å²) in [6.07, 6.45) is 1.62. The standard InChI is InChI=1S/C19H16ClN3O3S2/c1-3-23(19-22-16-10-14(20)6-9-17(16)27-19)28(24,25)15-7-4-13(5-8-15)18-21-11-12(2)26-18/h4-11H,3H2,1-2H3. The zero-order valence-corrected chi connectivity index (χ0v) is 17.5. The molecule has 0 aliphatic rings. The van der Waals surface area contributed by atoms with Gasteiger partial charge >= 0.3 is 0 Å². The maximum absolute atomic E-state index is 13.2. The maximum Gasteiger partial charge on any atom is 0.266 e. The van der Waals surface area contributed by atoms with Crippen LogP contribution in [0.1, 0.15) is 12.7 Å². The fourth-order valence-electron chi connectivity index (χ4n) is 2.79. The van der Waals surface area contributed by atoms with Gasteiger partial charge in [-0.15, -0.1) is 0 Å². The molecule has 4 rings (SSSR count). The van der Waals surface area contributed by atoms with Crippen LogP contribution in [-0.4, -0.2) is 24.9 Å². The second kappa shape index (κ2) is 7.20. The van der Waals surface area contributed by atoms with E-state index in [1.165, 1.54) is 15.6 Å². The van der Waals surface area contributed by atoms with E-state index in [4.69, 9.17) is 16.0 Å². The number of nitrogens with zero attached hydrogens (tertiary/aromatic N) is 3. The van der Waals surface area contributed by atoms with Crippen molar-refractivity contribution in [2.75, 3.05) is 10.8 Å². The van der Waals surface area contributed by atoms with Crippen molar-refractivity contribution in [1.82, 2.24) is 9.97 Å². The monoisotopic (exact) mass is 433 g/mol. The molecule has 28 heavy (non-hydrogen) atoms. The first-order valence-corrected chi connectivity index (χ1v) is 11.1. The first kappa shape index (κ1) is 18.9. The number of sulfonamides is 1. The molecule has 0 aliphatic carbocycles. The topological polar surface area (TPSA) is 76.3 Å². The highest BCUT2D eigenvalue weighted by molar-refractivity contribution is 7.93. The molecular weight excluding hydrogens is 418 g/mol. The van der Waals surface area contributed by atoms with Crippen molar-refractivity contribution in [2.24, 2.45) is 0 Å². The van der Waals surface area contributed by atoms with Crippen LogP contribution in [0.2, 0.25) is 5.02 Å². The third kappa shape index (κ3) is 3.39. The summed E-state index contributed by atoms with van der Waals surface area (Å²) in [6.45, 7) is 3.84. The molecule has 0 radical (unpaired) electrons. The van der Waals surface area contributed by atoms with Gasteiger partial charge in [-0.3, -0.25) is 0 Å². The predicted octanol–water partition coefficient (Wildman–Crippen LogP) is 5.13. The molecule has 9 heteroatoms. The molecule has 0 fully saturated rings. The van der Waals surface area contributed by atoms with Crippen molar-refractivity contribution in [2.45, 2.75) is 18.7 Å². The molecule has 144 valence electrons. The minimum atomic E-state index is -3.76. The Morgan fingerprint density at radius 3 is 2.57 bits per heavy atom. The van der Waals surface area contributed by atoms with E-state index in [-0.39, 0.29) is 11.4 Å². The zero-order valence-electron chi connectivity index (χ0n) is 15.1. The predicted molar refractivity (Wildman–Crippen MR) is 112 cm³/mol. The summed E-state index contributed by atoms with van der Waals surface area (Å²) in [6, 6.07) is 11.8. The highest BCUT2D eigenvalue weighted by Gasteiger charge is 2.26. The van der Waals surface area contributed by atoms with Gasteiger partial charge in [-0.1, -0.05) is 22.9 Å². The highest BCUT2D eigenvalue weighted by Crippen LogP contribution is 2.33. The molecule has 0 atom stereocenters. The van der Waals surface area contributed by atoms with Crippen LogP contribution in [0.4, 0.5) is 5.13 Å². The molecule has 0 saturated carbocycles. The number of hydrogen-bond donors (Lipinski definition) is 0. The zero-order chi connectivity index (χ0) is 19.9. The van der Waals surface area contributed by atoms with Crippen LogP contribution in [0.3, 0.4) is 0 Å². The van der Waals surface area contributed by atoms with Crippen LogP contribution in [0.15, 0.2) is 58.0 Å². The first-order chi connectivity index (χ1) is 13.4. The van der Waals surface area contributed by atoms with E-state index in [2.05, 4.69) is 9.97 Å². The van der Waals surface area contributed by atoms with Gasteiger partial charge in [-0.2, -0.15) is 0 Å². The summed E-state index contributed by atoms with van der Waals surface area (Å²) in [4.78, 5) is 8.80. The quantitative estimate of drug-likeness (QED) is 0.436. The number of aromatic nitrogens is 2. The van der Waals surface area contributed by atoms with Gasteiger partial charge in [0.2, 0.25) is 11.0 Å². The molecule has 0 aliphatic heterocycles. The summed E-state index contributed by atoms with van der Waals surface area (Å²) in [7, 11) is -3.76. The Labute approximate surface area is 171 Å². The molecule has 6 nitrogen and oxygen atoms in total. The Kier molecular flexibility index (Phi) is 4.86. The van der Waals surface area contributed by atoms with Gasteiger partial charge in [0.25, 0.3) is 10.0 Å². The van der Waals surface area contributed by atoms with E-state index in [1.807, 2.05) is 6.07 Å². The summed E-state index contributed by atoms with van der Waals surface area (Å²) in [5.74, 6) is 1.15. The lowest BCUT2D eigenvalue weighted by Crippen LogP contribution is -2.30. The summed E-state index contributed by atoms with van der Waals surface area (Å²) >= 11 is 7.33. The Balaban J connectivity index is 1.70. The summed E-state index contributed by atoms with van der Waals surface area (Å²) < 4.78 is 34.0. The molecule has 4 aromatic rings. The SMILES string of the molecule is CCN(c1nc2cc(Cl)ccc2s1)S(=O)(=O)c1ccc(-c2ncc(C)o2)cc1. The lowest BCUT2D eigenvalue weighted by atomic mass is 10.2. The van der Waals surface area contributed by atoms with Crippen molar-refractivity contribution in [3.63, 3.8) is 0 Å². The number of benzene rings is 2. The van der Waals surface area contributed by atoms with Crippen LogP contribution in [0.25, 0.3) is 21.7 Å². The average Bonchev–Trinajstić information content (AvgIpc) is 3.28. The Bertz CT molecular complexity index is 1250. The van der Waals surface area contributed by atoms with E-state index >= 15 is 0 Å². The van der Waals surface area contributed by atoms with Crippen molar-refractivity contribution < 1.29 is 12.8 Å². The van der Waals surface area contributed by atoms with Gasteiger partial charge in [0.1, 0.15) is 5.76 Å². The van der Waals surface area contributed by atoms with Crippen LogP contribution in [0, 0.1) is 6.92 Å². The molecule has 0 spiro atoms. The molecule has 0 saturated heterocycles. The van der Waals surface area contributed by atoms with Crippen LogP contribution in [-0.2, 0) is 10.0 Å².